The Morgan fingerprint density at radius 3 is 2.87 bits per heavy atom. The van der Waals surface area contributed by atoms with Gasteiger partial charge in [-0.25, -0.2) is 4.79 Å². The third-order valence-corrected chi connectivity index (χ3v) is 2.63. The molecule has 1 aromatic rings. The number of esters is 1. The fraction of sp³-hybridized carbons (Fsp3) is 0.583. The van der Waals surface area contributed by atoms with Crippen molar-refractivity contribution in [1.29, 1.82) is 0 Å². The second kappa shape index (κ2) is 4.09. The van der Waals surface area contributed by atoms with Gasteiger partial charge in [-0.05, 0) is 45.1 Å². The highest BCUT2D eigenvalue weighted by Crippen LogP contribution is 2.26. The maximum absolute atomic E-state index is 11.7. The van der Waals surface area contributed by atoms with Crippen molar-refractivity contribution in [2.45, 2.75) is 45.6 Å². The largest absolute Gasteiger partial charge is 0.457 e. The Labute approximate surface area is 89.4 Å². The first-order valence-corrected chi connectivity index (χ1v) is 5.48. The summed E-state index contributed by atoms with van der Waals surface area (Å²) in [6.07, 6.45) is 5.88. The zero-order chi connectivity index (χ0) is 10.8. The molecule has 0 aliphatic heterocycles. The van der Waals surface area contributed by atoms with Gasteiger partial charge in [0.05, 0.1) is 12.4 Å². The average Bonchev–Trinajstić information content (AvgIpc) is 2.59. The molecule has 0 N–H and O–H groups in total. The number of hydrogen-bond acceptors (Lipinski definition) is 3. The molecule has 15 heavy (non-hydrogen) atoms. The molecule has 1 aliphatic rings. The smallest absolute Gasteiger partial charge is 0.374 e. The summed E-state index contributed by atoms with van der Waals surface area (Å²) in [5, 5.41) is 0. The molecule has 0 radical (unpaired) electrons. The van der Waals surface area contributed by atoms with Crippen molar-refractivity contribution in [3.63, 3.8) is 0 Å². The van der Waals surface area contributed by atoms with Crippen molar-refractivity contribution in [3.05, 3.63) is 23.2 Å². The SMILES string of the molecule is CC(C)OC(=O)c1occ2c1CCCC2. The molecular weight excluding hydrogens is 192 g/mol. The number of hydrogen-bond donors (Lipinski definition) is 0. The Bertz CT molecular complexity index is 363. The highest BCUT2D eigenvalue weighted by molar-refractivity contribution is 5.88. The van der Waals surface area contributed by atoms with Crippen LogP contribution in [0.2, 0.25) is 0 Å². The number of ether oxygens (including phenoxy) is 1. The van der Waals surface area contributed by atoms with Crippen LogP contribution in [0.5, 0.6) is 0 Å². The molecule has 0 aromatic carbocycles. The van der Waals surface area contributed by atoms with E-state index in [-0.39, 0.29) is 12.1 Å². The van der Waals surface area contributed by atoms with E-state index in [1.165, 1.54) is 12.0 Å². The van der Waals surface area contributed by atoms with Crippen molar-refractivity contribution < 1.29 is 13.9 Å². The van der Waals surface area contributed by atoms with Crippen LogP contribution in [0.15, 0.2) is 10.7 Å². The van der Waals surface area contributed by atoms with Crippen LogP contribution < -0.4 is 0 Å². The molecule has 3 nitrogen and oxygen atoms in total. The summed E-state index contributed by atoms with van der Waals surface area (Å²) in [7, 11) is 0. The van der Waals surface area contributed by atoms with Gasteiger partial charge in [0.25, 0.3) is 0 Å². The van der Waals surface area contributed by atoms with Crippen molar-refractivity contribution in [2.24, 2.45) is 0 Å². The molecule has 2 rings (SSSR count). The molecule has 0 saturated heterocycles. The first-order valence-electron chi connectivity index (χ1n) is 5.48. The molecule has 3 heteroatoms. The van der Waals surface area contributed by atoms with Gasteiger partial charge in [0.1, 0.15) is 0 Å². The lowest BCUT2D eigenvalue weighted by molar-refractivity contribution is 0.0339. The van der Waals surface area contributed by atoms with Gasteiger partial charge in [0.2, 0.25) is 5.76 Å². The normalized spacial score (nSPS) is 15.1. The Morgan fingerprint density at radius 1 is 1.40 bits per heavy atom. The van der Waals surface area contributed by atoms with Crippen LogP contribution in [0, 0.1) is 0 Å². The van der Waals surface area contributed by atoms with Crippen LogP contribution in [0.3, 0.4) is 0 Å². The quantitative estimate of drug-likeness (QED) is 0.701. The molecule has 1 heterocycles. The van der Waals surface area contributed by atoms with E-state index < -0.39 is 0 Å². The summed E-state index contributed by atoms with van der Waals surface area (Å²) >= 11 is 0. The van der Waals surface area contributed by atoms with E-state index in [1.807, 2.05) is 13.8 Å². The van der Waals surface area contributed by atoms with Crippen molar-refractivity contribution in [2.75, 3.05) is 0 Å². The molecule has 0 unspecified atom stereocenters. The zero-order valence-electron chi connectivity index (χ0n) is 9.21. The summed E-state index contributed by atoms with van der Waals surface area (Å²) < 4.78 is 10.4. The Balaban J connectivity index is 2.21. The minimum atomic E-state index is -0.326. The van der Waals surface area contributed by atoms with Crippen molar-refractivity contribution in [3.8, 4) is 0 Å². The lowest BCUT2D eigenvalue weighted by Crippen LogP contribution is -2.13. The number of rotatable bonds is 2. The Kier molecular flexibility index (Phi) is 2.80. The molecule has 0 saturated carbocycles. The zero-order valence-corrected chi connectivity index (χ0v) is 9.21. The molecule has 0 atom stereocenters. The summed E-state index contributed by atoms with van der Waals surface area (Å²) in [5.41, 5.74) is 2.24. The number of furan rings is 1. The second-order valence-corrected chi connectivity index (χ2v) is 4.23. The number of carbonyl (C=O) groups is 1. The van der Waals surface area contributed by atoms with Crippen LogP contribution >= 0.6 is 0 Å². The predicted molar refractivity (Wildman–Crippen MR) is 55.9 cm³/mol. The van der Waals surface area contributed by atoms with Crippen LogP contribution in [0.1, 0.15) is 48.4 Å². The molecule has 0 amide bonds. The average molecular weight is 208 g/mol. The van der Waals surface area contributed by atoms with Gasteiger partial charge in [-0.3, -0.25) is 0 Å². The Hall–Kier alpha value is -1.25. The lowest BCUT2D eigenvalue weighted by Gasteiger charge is -2.11. The van der Waals surface area contributed by atoms with Crippen LogP contribution in [0.4, 0.5) is 0 Å². The van der Waals surface area contributed by atoms with Crippen LogP contribution in [-0.4, -0.2) is 12.1 Å². The van der Waals surface area contributed by atoms with Gasteiger partial charge in [-0.1, -0.05) is 0 Å². The first kappa shape index (κ1) is 10.3. The topological polar surface area (TPSA) is 39.4 Å². The minimum Gasteiger partial charge on any atom is -0.457 e. The Morgan fingerprint density at radius 2 is 2.13 bits per heavy atom. The van der Waals surface area contributed by atoms with Gasteiger partial charge >= 0.3 is 5.97 Å². The highest BCUT2D eigenvalue weighted by atomic mass is 16.6. The van der Waals surface area contributed by atoms with Gasteiger partial charge in [-0.2, -0.15) is 0 Å². The van der Waals surface area contributed by atoms with E-state index in [2.05, 4.69) is 0 Å². The second-order valence-electron chi connectivity index (χ2n) is 4.23. The van der Waals surface area contributed by atoms with E-state index >= 15 is 0 Å². The van der Waals surface area contributed by atoms with Gasteiger partial charge in [0.15, 0.2) is 0 Å². The van der Waals surface area contributed by atoms with Crippen molar-refractivity contribution >= 4 is 5.97 Å². The molecular formula is C12H16O3. The molecule has 0 bridgehead atoms. The molecule has 0 fully saturated rings. The van der Waals surface area contributed by atoms with E-state index in [1.54, 1.807) is 6.26 Å². The standard InChI is InChI=1S/C12H16O3/c1-8(2)15-12(13)11-10-6-4-3-5-9(10)7-14-11/h7-8H,3-6H2,1-2H3. The fourth-order valence-electron chi connectivity index (χ4n) is 1.96. The van der Waals surface area contributed by atoms with Gasteiger partial charge < -0.3 is 9.15 Å². The van der Waals surface area contributed by atoms with E-state index in [0.29, 0.717) is 5.76 Å². The summed E-state index contributed by atoms with van der Waals surface area (Å²) in [6, 6.07) is 0. The monoisotopic (exact) mass is 208 g/mol. The highest BCUT2D eigenvalue weighted by Gasteiger charge is 2.23. The van der Waals surface area contributed by atoms with Crippen molar-refractivity contribution in [1.82, 2.24) is 0 Å². The molecule has 0 spiro atoms. The summed E-state index contributed by atoms with van der Waals surface area (Å²) in [6.45, 7) is 3.68. The third-order valence-electron chi connectivity index (χ3n) is 2.63. The molecule has 1 aliphatic carbocycles. The first-order chi connectivity index (χ1) is 7.18. The predicted octanol–water partition coefficient (Wildman–Crippen LogP) is 2.72. The fourth-order valence-corrected chi connectivity index (χ4v) is 1.96. The maximum Gasteiger partial charge on any atom is 0.374 e. The lowest BCUT2D eigenvalue weighted by atomic mass is 9.94. The van der Waals surface area contributed by atoms with E-state index in [9.17, 15) is 4.79 Å². The van der Waals surface area contributed by atoms with Crippen LogP contribution in [0.25, 0.3) is 0 Å². The van der Waals surface area contributed by atoms with E-state index in [0.717, 1.165) is 24.8 Å². The summed E-state index contributed by atoms with van der Waals surface area (Å²) in [4.78, 5) is 11.7. The minimum absolute atomic E-state index is 0.0955. The number of aryl methyl sites for hydroxylation is 1. The third kappa shape index (κ3) is 2.06. The van der Waals surface area contributed by atoms with Gasteiger partial charge in [0, 0.05) is 5.56 Å². The molecule has 1 aromatic heterocycles. The number of carbonyl (C=O) groups excluding carboxylic acids is 1. The number of fused-ring (bicyclic) bond motifs is 1. The maximum atomic E-state index is 11.7. The van der Waals surface area contributed by atoms with Crippen LogP contribution in [-0.2, 0) is 17.6 Å². The van der Waals surface area contributed by atoms with Gasteiger partial charge in [-0.15, -0.1) is 0 Å². The summed E-state index contributed by atoms with van der Waals surface area (Å²) in [5.74, 6) is 0.0894. The van der Waals surface area contributed by atoms with E-state index in [4.69, 9.17) is 9.15 Å². The molecule has 82 valence electrons.